The fourth-order valence-electron chi connectivity index (χ4n) is 1.91. The number of hydrogen-bond acceptors (Lipinski definition) is 4. The van der Waals surface area contributed by atoms with Gasteiger partial charge in [0.05, 0.1) is 13.2 Å². The second kappa shape index (κ2) is 6.19. The molecule has 104 valence electrons. The number of ether oxygens (including phenoxy) is 2. The molecule has 20 heavy (non-hydrogen) atoms. The van der Waals surface area contributed by atoms with Crippen molar-refractivity contribution < 1.29 is 19.1 Å². The summed E-state index contributed by atoms with van der Waals surface area (Å²) < 4.78 is 10.1. The third-order valence-electron chi connectivity index (χ3n) is 3.00. The van der Waals surface area contributed by atoms with Crippen LogP contribution in [0.5, 0.6) is 0 Å². The molecule has 1 aromatic rings. The summed E-state index contributed by atoms with van der Waals surface area (Å²) in [6.07, 6.45) is 4.70. The fourth-order valence-corrected chi connectivity index (χ4v) is 1.91. The largest absolute Gasteiger partial charge is 0.466 e. The van der Waals surface area contributed by atoms with Gasteiger partial charge in [-0.2, -0.15) is 0 Å². The highest BCUT2D eigenvalue weighted by molar-refractivity contribution is 5.94. The van der Waals surface area contributed by atoms with Crippen molar-refractivity contribution in [1.29, 1.82) is 0 Å². The van der Waals surface area contributed by atoms with E-state index in [0.29, 0.717) is 17.7 Å². The lowest BCUT2D eigenvalue weighted by molar-refractivity contribution is -0.135. The van der Waals surface area contributed by atoms with Crippen molar-refractivity contribution in [2.24, 2.45) is 0 Å². The summed E-state index contributed by atoms with van der Waals surface area (Å²) in [5.41, 5.74) is 1.65. The van der Waals surface area contributed by atoms with Crippen LogP contribution in [0.3, 0.4) is 0 Å². The normalized spacial score (nSPS) is 18.1. The van der Waals surface area contributed by atoms with Gasteiger partial charge in [-0.15, -0.1) is 0 Å². The molecule has 4 heteroatoms. The Balaban J connectivity index is 2.07. The van der Waals surface area contributed by atoms with E-state index in [1.807, 2.05) is 18.2 Å². The lowest BCUT2D eigenvalue weighted by Gasteiger charge is -2.01. The highest BCUT2D eigenvalue weighted by atomic mass is 16.5. The Bertz CT molecular complexity index is 579. The molecule has 1 aromatic carbocycles. The molecule has 1 saturated heterocycles. The number of hydrogen-bond donors (Lipinski definition) is 0. The van der Waals surface area contributed by atoms with Crippen LogP contribution in [-0.4, -0.2) is 18.9 Å². The summed E-state index contributed by atoms with van der Waals surface area (Å²) in [6, 6.07) is 7.31. The van der Waals surface area contributed by atoms with Gasteiger partial charge in [0.15, 0.2) is 5.78 Å². The summed E-state index contributed by atoms with van der Waals surface area (Å²) in [7, 11) is 1.33. The highest BCUT2D eigenvalue weighted by Gasteiger charge is 2.15. The number of rotatable bonds is 3. The average molecular weight is 272 g/mol. The first-order valence-electron chi connectivity index (χ1n) is 6.36. The summed E-state index contributed by atoms with van der Waals surface area (Å²) in [4.78, 5) is 22.3. The van der Waals surface area contributed by atoms with Crippen molar-refractivity contribution in [1.82, 2.24) is 0 Å². The molecule has 0 spiro atoms. The zero-order chi connectivity index (χ0) is 14.5. The predicted octanol–water partition coefficient (Wildman–Crippen LogP) is 3.10. The van der Waals surface area contributed by atoms with Gasteiger partial charge in [-0.05, 0) is 18.6 Å². The average Bonchev–Trinajstić information content (AvgIpc) is 2.86. The number of methoxy groups -OCH3 is 1. The number of ketones is 1. The van der Waals surface area contributed by atoms with Crippen molar-refractivity contribution in [3.05, 3.63) is 53.0 Å². The molecule has 0 amide bonds. The van der Waals surface area contributed by atoms with E-state index < -0.39 is 5.97 Å². The predicted molar refractivity (Wildman–Crippen MR) is 74.8 cm³/mol. The van der Waals surface area contributed by atoms with Gasteiger partial charge >= 0.3 is 5.97 Å². The van der Waals surface area contributed by atoms with E-state index in [-0.39, 0.29) is 5.78 Å². The first kappa shape index (κ1) is 14.1. The van der Waals surface area contributed by atoms with Crippen molar-refractivity contribution in [2.75, 3.05) is 7.11 Å². The van der Waals surface area contributed by atoms with Gasteiger partial charge in [0.25, 0.3) is 0 Å². The minimum Gasteiger partial charge on any atom is -0.466 e. The van der Waals surface area contributed by atoms with Crippen LogP contribution in [0.15, 0.2) is 41.9 Å². The van der Waals surface area contributed by atoms with E-state index >= 15 is 0 Å². The van der Waals surface area contributed by atoms with Crippen molar-refractivity contribution >= 4 is 17.8 Å². The molecule has 1 heterocycles. The zero-order valence-electron chi connectivity index (χ0n) is 11.5. The molecule has 4 nitrogen and oxygen atoms in total. The Hall–Kier alpha value is -2.36. The molecule has 1 aliphatic heterocycles. The van der Waals surface area contributed by atoms with Gasteiger partial charge in [0, 0.05) is 18.4 Å². The standard InChI is InChI=1S/C16H16O4/c1-11(17)13-5-3-12(4-6-13)9-14-7-8-15(20-14)10-16(18)19-2/h3-6,9-10H,7-8H2,1-2H3/b14-9+,15-10+. The highest BCUT2D eigenvalue weighted by Crippen LogP contribution is 2.28. The molecule has 1 aliphatic rings. The number of carbonyl (C=O) groups is 2. The number of benzene rings is 1. The van der Waals surface area contributed by atoms with E-state index in [2.05, 4.69) is 4.74 Å². The van der Waals surface area contributed by atoms with Crippen LogP contribution in [0.2, 0.25) is 0 Å². The van der Waals surface area contributed by atoms with E-state index in [4.69, 9.17) is 4.74 Å². The molecule has 1 fully saturated rings. The number of Topliss-reactive ketones (excluding diaryl/α,β-unsaturated/α-hetero) is 1. The van der Waals surface area contributed by atoms with Gasteiger partial charge in [-0.1, -0.05) is 24.3 Å². The van der Waals surface area contributed by atoms with Gasteiger partial charge in [-0.25, -0.2) is 4.79 Å². The van der Waals surface area contributed by atoms with Crippen molar-refractivity contribution in [2.45, 2.75) is 19.8 Å². The Morgan fingerprint density at radius 1 is 1.15 bits per heavy atom. The molecular weight excluding hydrogens is 256 g/mol. The number of esters is 1. The van der Waals surface area contributed by atoms with Crippen LogP contribution < -0.4 is 0 Å². The van der Waals surface area contributed by atoms with Crippen LogP contribution in [0.1, 0.15) is 35.7 Å². The quantitative estimate of drug-likeness (QED) is 0.482. The summed E-state index contributed by atoms with van der Waals surface area (Å²) in [6.45, 7) is 1.54. The molecule has 0 aliphatic carbocycles. The van der Waals surface area contributed by atoms with Crippen LogP contribution >= 0.6 is 0 Å². The maximum absolute atomic E-state index is 11.2. The third-order valence-corrected chi connectivity index (χ3v) is 3.00. The molecule has 0 radical (unpaired) electrons. The van der Waals surface area contributed by atoms with Gasteiger partial charge in [0.1, 0.15) is 11.5 Å². The number of carbonyl (C=O) groups excluding carboxylic acids is 2. The monoisotopic (exact) mass is 272 g/mol. The van der Waals surface area contributed by atoms with E-state index in [0.717, 1.165) is 17.7 Å². The number of allylic oxidation sites excluding steroid dienone is 2. The second-order valence-corrected chi connectivity index (χ2v) is 4.52. The molecule has 0 bridgehead atoms. The van der Waals surface area contributed by atoms with E-state index in [1.54, 1.807) is 12.1 Å². The molecule has 0 aromatic heterocycles. The van der Waals surface area contributed by atoms with E-state index in [1.165, 1.54) is 20.1 Å². The van der Waals surface area contributed by atoms with E-state index in [9.17, 15) is 9.59 Å². The lowest BCUT2D eigenvalue weighted by Crippen LogP contribution is -1.96. The van der Waals surface area contributed by atoms with Crippen LogP contribution in [-0.2, 0) is 14.3 Å². The third kappa shape index (κ3) is 3.57. The lowest BCUT2D eigenvalue weighted by atomic mass is 10.1. The van der Waals surface area contributed by atoms with Crippen molar-refractivity contribution in [3.8, 4) is 0 Å². The van der Waals surface area contributed by atoms with Crippen LogP contribution in [0.4, 0.5) is 0 Å². The van der Waals surface area contributed by atoms with Crippen LogP contribution in [0.25, 0.3) is 6.08 Å². The Labute approximate surface area is 117 Å². The maximum Gasteiger partial charge on any atom is 0.333 e. The molecule has 0 unspecified atom stereocenters. The molecule has 2 rings (SSSR count). The second-order valence-electron chi connectivity index (χ2n) is 4.52. The first-order valence-corrected chi connectivity index (χ1v) is 6.36. The summed E-state index contributed by atoms with van der Waals surface area (Å²) in [5.74, 6) is 1.05. The first-order chi connectivity index (χ1) is 9.58. The Morgan fingerprint density at radius 3 is 2.40 bits per heavy atom. The zero-order valence-corrected chi connectivity index (χ0v) is 11.5. The van der Waals surface area contributed by atoms with Gasteiger partial charge in [-0.3, -0.25) is 4.79 Å². The molecule has 0 saturated carbocycles. The Morgan fingerprint density at radius 2 is 1.80 bits per heavy atom. The van der Waals surface area contributed by atoms with Crippen LogP contribution in [0, 0.1) is 0 Å². The van der Waals surface area contributed by atoms with Crippen molar-refractivity contribution in [3.63, 3.8) is 0 Å². The minimum absolute atomic E-state index is 0.0459. The topological polar surface area (TPSA) is 52.6 Å². The minimum atomic E-state index is -0.410. The maximum atomic E-state index is 11.2. The fraction of sp³-hybridized carbons (Fsp3) is 0.250. The summed E-state index contributed by atoms with van der Waals surface area (Å²) >= 11 is 0. The molecule has 0 atom stereocenters. The molecular formula is C16H16O4. The smallest absolute Gasteiger partial charge is 0.333 e. The van der Waals surface area contributed by atoms with Gasteiger partial charge < -0.3 is 9.47 Å². The summed E-state index contributed by atoms with van der Waals surface area (Å²) in [5, 5.41) is 0. The molecule has 0 N–H and O–H groups in total. The van der Waals surface area contributed by atoms with Gasteiger partial charge in [0.2, 0.25) is 0 Å². The Kier molecular flexibility index (Phi) is 4.35. The SMILES string of the molecule is COC(=O)/C=C1\CC/C(=C\c2ccc(C(C)=O)cc2)O1.